The van der Waals surface area contributed by atoms with Crippen LogP contribution in [-0.2, 0) is 0 Å². The highest BCUT2D eigenvalue weighted by Gasteiger charge is 2.12. The van der Waals surface area contributed by atoms with Crippen molar-refractivity contribution in [2.45, 2.75) is 13.8 Å². The van der Waals surface area contributed by atoms with Gasteiger partial charge in [0.25, 0.3) is 11.1 Å². The van der Waals surface area contributed by atoms with E-state index < -0.39 is 0 Å². The average molecular weight is 389 g/mol. The van der Waals surface area contributed by atoms with Crippen LogP contribution in [0.4, 0.5) is 0 Å². The summed E-state index contributed by atoms with van der Waals surface area (Å²) in [6.07, 6.45) is 1.39. The molecular formula is C21H19N5O3. The van der Waals surface area contributed by atoms with E-state index in [1.807, 2.05) is 6.07 Å². The summed E-state index contributed by atoms with van der Waals surface area (Å²) < 4.78 is 7.77. The van der Waals surface area contributed by atoms with Gasteiger partial charge in [0.1, 0.15) is 11.6 Å². The fourth-order valence-corrected chi connectivity index (χ4v) is 3.11. The molecule has 0 atom stereocenters. The number of ether oxygens (including phenoxy) is 1. The normalized spacial score (nSPS) is 11.4. The van der Waals surface area contributed by atoms with E-state index in [4.69, 9.17) is 4.74 Å². The van der Waals surface area contributed by atoms with Crippen molar-refractivity contribution < 1.29 is 4.74 Å². The van der Waals surface area contributed by atoms with Gasteiger partial charge in [0.2, 0.25) is 0 Å². The van der Waals surface area contributed by atoms with Crippen molar-refractivity contribution in [3.05, 3.63) is 86.3 Å². The smallest absolute Gasteiger partial charge is 0.282 e. The summed E-state index contributed by atoms with van der Waals surface area (Å²) in [6.45, 7) is 3.47. The molecule has 0 unspecified atom stereocenters. The van der Waals surface area contributed by atoms with Crippen LogP contribution >= 0.6 is 0 Å². The highest BCUT2D eigenvalue weighted by molar-refractivity contribution is 5.81. The highest BCUT2D eigenvalue weighted by atomic mass is 16.5. The minimum atomic E-state index is -0.284. The fraction of sp³-hybridized carbons (Fsp3) is 0.143. The minimum Gasteiger partial charge on any atom is -0.497 e. The van der Waals surface area contributed by atoms with Gasteiger partial charge in [-0.3, -0.25) is 14.7 Å². The Morgan fingerprint density at radius 2 is 1.76 bits per heavy atom. The second-order valence-corrected chi connectivity index (χ2v) is 6.53. The summed E-state index contributed by atoms with van der Waals surface area (Å²) in [5.41, 5.74) is 1.72. The van der Waals surface area contributed by atoms with Gasteiger partial charge in [0, 0.05) is 5.69 Å². The average Bonchev–Trinajstić information content (AvgIpc) is 3.02. The van der Waals surface area contributed by atoms with Gasteiger partial charge in [-0.15, -0.1) is 0 Å². The zero-order chi connectivity index (χ0) is 20.5. The topological polar surface area (TPSA) is 94.3 Å². The Bertz CT molecular complexity index is 1340. The third kappa shape index (κ3) is 3.25. The first kappa shape index (κ1) is 18.4. The van der Waals surface area contributed by atoms with Crippen molar-refractivity contribution in [3.8, 4) is 11.4 Å². The molecule has 8 heteroatoms. The maximum Gasteiger partial charge on any atom is 0.282 e. The summed E-state index contributed by atoms with van der Waals surface area (Å²) in [5, 5.41) is 7.75. The molecule has 0 aliphatic carbocycles. The van der Waals surface area contributed by atoms with Crippen molar-refractivity contribution in [2.24, 2.45) is 5.10 Å². The van der Waals surface area contributed by atoms with Crippen LogP contribution in [-0.4, -0.2) is 32.8 Å². The summed E-state index contributed by atoms with van der Waals surface area (Å²) in [6, 6.07) is 14.2. The second-order valence-electron chi connectivity index (χ2n) is 6.53. The molecule has 0 fully saturated rings. The largest absolute Gasteiger partial charge is 0.497 e. The highest BCUT2D eigenvalue weighted by Crippen LogP contribution is 2.14. The van der Waals surface area contributed by atoms with Crippen molar-refractivity contribution in [1.29, 1.82) is 0 Å². The third-order valence-electron chi connectivity index (χ3n) is 4.67. The molecule has 8 nitrogen and oxygen atoms in total. The number of hydrogen-bond acceptors (Lipinski definition) is 5. The lowest BCUT2D eigenvalue weighted by atomic mass is 10.2. The SMILES string of the molecule is COc1ccc(-n2[nH]c(C)c(/C=N/n3c(C)nc4ccccc4c3=O)c2=O)cc1. The summed E-state index contributed by atoms with van der Waals surface area (Å²) in [4.78, 5) is 30.0. The number of aryl methyl sites for hydroxylation is 2. The number of aromatic amines is 1. The Hall–Kier alpha value is -3.94. The van der Waals surface area contributed by atoms with Gasteiger partial charge >= 0.3 is 0 Å². The van der Waals surface area contributed by atoms with Crippen LogP contribution < -0.4 is 15.9 Å². The molecule has 0 aliphatic rings. The first-order valence-electron chi connectivity index (χ1n) is 8.98. The monoisotopic (exact) mass is 389 g/mol. The summed E-state index contributed by atoms with van der Waals surface area (Å²) in [7, 11) is 1.58. The molecular weight excluding hydrogens is 370 g/mol. The van der Waals surface area contributed by atoms with Crippen LogP contribution in [0.25, 0.3) is 16.6 Å². The number of para-hydroxylation sites is 1. The van der Waals surface area contributed by atoms with E-state index >= 15 is 0 Å². The summed E-state index contributed by atoms with van der Waals surface area (Å²) >= 11 is 0. The van der Waals surface area contributed by atoms with Gasteiger partial charge in [-0.1, -0.05) is 12.1 Å². The number of fused-ring (bicyclic) bond motifs is 1. The number of rotatable bonds is 4. The lowest BCUT2D eigenvalue weighted by molar-refractivity contribution is 0.414. The van der Waals surface area contributed by atoms with Crippen LogP contribution in [0, 0.1) is 13.8 Å². The van der Waals surface area contributed by atoms with Gasteiger partial charge < -0.3 is 4.74 Å². The fourth-order valence-electron chi connectivity index (χ4n) is 3.11. The van der Waals surface area contributed by atoms with Gasteiger partial charge in [0.15, 0.2) is 0 Å². The van der Waals surface area contributed by atoms with Gasteiger partial charge in [-0.05, 0) is 50.2 Å². The molecule has 0 bridgehead atoms. The zero-order valence-corrected chi connectivity index (χ0v) is 16.2. The van der Waals surface area contributed by atoms with E-state index in [0.29, 0.717) is 39.4 Å². The number of nitrogens with zero attached hydrogens (tertiary/aromatic N) is 4. The minimum absolute atomic E-state index is 0.268. The maximum absolute atomic E-state index is 12.9. The molecule has 0 saturated heterocycles. The molecule has 1 N–H and O–H groups in total. The molecule has 4 rings (SSSR count). The standard InChI is InChI=1S/C21H19N5O3/c1-13-18(21(28)26(24-13)15-8-10-16(29-3)11-9-15)12-22-25-14(2)23-19-7-5-4-6-17(19)20(25)27/h4-12,24H,1-3H3/b22-12+. The molecule has 0 amide bonds. The molecule has 2 aromatic carbocycles. The lowest BCUT2D eigenvalue weighted by Gasteiger charge is -2.04. The number of methoxy groups -OCH3 is 1. The van der Waals surface area contributed by atoms with Crippen molar-refractivity contribution >= 4 is 17.1 Å². The van der Waals surface area contributed by atoms with E-state index in [-0.39, 0.29) is 11.1 Å². The van der Waals surface area contributed by atoms with Crippen molar-refractivity contribution in [1.82, 2.24) is 19.4 Å². The van der Waals surface area contributed by atoms with Gasteiger partial charge in [0.05, 0.1) is 35.5 Å². The number of aromatic nitrogens is 4. The summed E-state index contributed by atoms with van der Waals surface area (Å²) in [5.74, 6) is 1.14. The number of hydrogen-bond donors (Lipinski definition) is 1. The van der Waals surface area contributed by atoms with Crippen LogP contribution in [0.5, 0.6) is 5.75 Å². The van der Waals surface area contributed by atoms with Crippen LogP contribution in [0.15, 0.2) is 63.2 Å². The van der Waals surface area contributed by atoms with Crippen molar-refractivity contribution in [2.75, 3.05) is 7.11 Å². The van der Waals surface area contributed by atoms with Crippen LogP contribution in [0.1, 0.15) is 17.1 Å². The Labute approximate surface area is 165 Å². The van der Waals surface area contributed by atoms with E-state index in [2.05, 4.69) is 15.2 Å². The molecule has 146 valence electrons. The molecule has 29 heavy (non-hydrogen) atoms. The number of nitrogens with one attached hydrogen (secondary N) is 1. The van der Waals surface area contributed by atoms with Crippen LogP contribution in [0.3, 0.4) is 0 Å². The lowest BCUT2D eigenvalue weighted by Crippen LogP contribution is -2.21. The molecule has 4 aromatic rings. The molecule has 0 saturated carbocycles. The Kier molecular flexibility index (Phi) is 4.59. The maximum atomic E-state index is 12.9. The third-order valence-corrected chi connectivity index (χ3v) is 4.67. The van der Waals surface area contributed by atoms with Crippen LogP contribution in [0.2, 0.25) is 0 Å². The van der Waals surface area contributed by atoms with Gasteiger partial charge in [-0.25, -0.2) is 9.67 Å². The quantitative estimate of drug-likeness (QED) is 0.542. The zero-order valence-electron chi connectivity index (χ0n) is 16.2. The second kappa shape index (κ2) is 7.23. The molecule has 2 heterocycles. The van der Waals surface area contributed by atoms with E-state index in [1.54, 1.807) is 63.4 Å². The number of H-pyrrole nitrogens is 1. The Morgan fingerprint density at radius 3 is 2.48 bits per heavy atom. The Morgan fingerprint density at radius 1 is 1.03 bits per heavy atom. The predicted molar refractivity (Wildman–Crippen MR) is 111 cm³/mol. The van der Waals surface area contributed by atoms with E-state index in [1.165, 1.54) is 15.6 Å². The molecule has 0 aliphatic heterocycles. The first-order valence-corrected chi connectivity index (χ1v) is 8.98. The molecule has 0 spiro atoms. The van der Waals surface area contributed by atoms with Crippen molar-refractivity contribution in [3.63, 3.8) is 0 Å². The first-order chi connectivity index (χ1) is 14.0. The van der Waals surface area contributed by atoms with E-state index in [9.17, 15) is 9.59 Å². The Balaban J connectivity index is 1.76. The van der Waals surface area contributed by atoms with Gasteiger partial charge in [-0.2, -0.15) is 9.78 Å². The molecule has 2 aromatic heterocycles. The van der Waals surface area contributed by atoms with E-state index in [0.717, 1.165) is 0 Å². The number of benzene rings is 2. The predicted octanol–water partition coefficient (Wildman–Crippen LogP) is 2.38. The molecule has 0 radical (unpaired) electrons.